The van der Waals surface area contributed by atoms with Gasteiger partial charge in [0, 0.05) is 12.1 Å². The summed E-state index contributed by atoms with van der Waals surface area (Å²) in [5, 5.41) is 19.9. The van der Waals surface area contributed by atoms with Crippen LogP contribution in [0.3, 0.4) is 0 Å². The van der Waals surface area contributed by atoms with Crippen LogP contribution in [-0.4, -0.2) is 28.8 Å². The van der Waals surface area contributed by atoms with Crippen molar-refractivity contribution in [1.82, 2.24) is 5.32 Å². The van der Waals surface area contributed by atoms with Crippen molar-refractivity contribution in [3.8, 4) is 0 Å². The zero-order chi connectivity index (χ0) is 13.8. The molecule has 0 aliphatic heterocycles. The Bertz CT molecular complexity index is 406. The van der Waals surface area contributed by atoms with E-state index in [0.29, 0.717) is 5.56 Å². The number of nitrogens with one attached hydrogen (secondary N) is 1. The van der Waals surface area contributed by atoms with Crippen LogP contribution in [0, 0.1) is 0 Å². The number of carbonyl (C=O) groups excluding carboxylic acids is 1. The Hall–Kier alpha value is -1.10. The van der Waals surface area contributed by atoms with Crippen molar-refractivity contribution in [2.75, 3.05) is 6.61 Å². The van der Waals surface area contributed by atoms with E-state index in [2.05, 4.69) is 5.32 Å². The number of hydrogen-bond acceptors (Lipinski definition) is 3. The van der Waals surface area contributed by atoms with Crippen LogP contribution in [0.2, 0.25) is 0 Å². The first-order valence-electron chi connectivity index (χ1n) is 5.17. The average Bonchev–Trinajstić information content (AvgIpc) is 2.34. The second-order valence-corrected chi connectivity index (χ2v) is 4.46. The standard InChI is InChI=1S/C11H14F2NO3P/c12-11(13,18)8-3-1-7(2-4-8)5-14-10(17)9(16)6-15/h1-4,9,15-16H,5-6,18H2,(H,14,17). The number of carbonyl (C=O) groups is 1. The molecular formula is C11H14F2NO3P. The molecule has 1 amide bonds. The van der Waals surface area contributed by atoms with Crippen molar-refractivity contribution in [3.63, 3.8) is 0 Å². The summed E-state index contributed by atoms with van der Waals surface area (Å²) >= 11 is 0. The molecule has 4 nitrogen and oxygen atoms in total. The largest absolute Gasteiger partial charge is 0.393 e. The summed E-state index contributed by atoms with van der Waals surface area (Å²) in [6, 6.07) is 5.44. The van der Waals surface area contributed by atoms with Gasteiger partial charge in [0.1, 0.15) is 0 Å². The quantitative estimate of drug-likeness (QED) is 0.690. The lowest BCUT2D eigenvalue weighted by molar-refractivity contribution is -0.131. The number of alkyl halides is 2. The number of amides is 1. The maximum atomic E-state index is 12.9. The fourth-order valence-electron chi connectivity index (χ4n) is 1.23. The van der Waals surface area contributed by atoms with Crippen LogP contribution in [0.15, 0.2) is 24.3 Å². The number of benzene rings is 1. The van der Waals surface area contributed by atoms with Gasteiger partial charge in [0.2, 0.25) is 0 Å². The first-order chi connectivity index (χ1) is 8.34. The predicted octanol–water partition coefficient (Wildman–Crippen LogP) is 0.580. The van der Waals surface area contributed by atoms with Crippen LogP contribution in [0.25, 0.3) is 0 Å². The molecule has 0 aliphatic rings. The molecule has 0 spiro atoms. The summed E-state index contributed by atoms with van der Waals surface area (Å²) in [5.74, 6) is -0.710. The van der Waals surface area contributed by atoms with Gasteiger partial charge in [0.15, 0.2) is 6.10 Å². The lowest BCUT2D eigenvalue weighted by atomic mass is 10.1. The summed E-state index contributed by atoms with van der Waals surface area (Å²) in [5.41, 5.74) is -2.50. The highest BCUT2D eigenvalue weighted by Gasteiger charge is 2.23. The zero-order valence-electron chi connectivity index (χ0n) is 9.44. The van der Waals surface area contributed by atoms with Crippen LogP contribution in [0.4, 0.5) is 8.78 Å². The fourth-order valence-corrected chi connectivity index (χ4v) is 1.43. The van der Waals surface area contributed by atoms with Crippen molar-refractivity contribution < 1.29 is 23.8 Å². The summed E-state index contributed by atoms with van der Waals surface area (Å²) in [4.78, 5) is 11.1. The molecule has 2 unspecified atom stereocenters. The monoisotopic (exact) mass is 277 g/mol. The van der Waals surface area contributed by atoms with E-state index < -0.39 is 24.3 Å². The maximum absolute atomic E-state index is 12.9. The summed E-state index contributed by atoms with van der Waals surface area (Å²) in [6.07, 6.45) is -1.47. The molecule has 0 saturated heterocycles. The van der Waals surface area contributed by atoms with E-state index in [-0.39, 0.29) is 12.1 Å². The molecule has 0 heterocycles. The van der Waals surface area contributed by atoms with Gasteiger partial charge < -0.3 is 15.5 Å². The first-order valence-corrected chi connectivity index (χ1v) is 5.75. The molecule has 0 saturated carbocycles. The Balaban J connectivity index is 2.57. The van der Waals surface area contributed by atoms with Crippen LogP contribution in [-0.2, 0) is 17.0 Å². The summed E-state index contributed by atoms with van der Waals surface area (Å²) in [6.45, 7) is -0.567. The Morgan fingerprint density at radius 1 is 1.39 bits per heavy atom. The van der Waals surface area contributed by atoms with Gasteiger partial charge in [0.05, 0.1) is 6.61 Å². The highest BCUT2D eigenvalue weighted by molar-refractivity contribution is 7.17. The van der Waals surface area contributed by atoms with E-state index in [1.54, 1.807) is 0 Å². The molecule has 2 atom stereocenters. The van der Waals surface area contributed by atoms with Crippen molar-refractivity contribution in [2.24, 2.45) is 0 Å². The van der Waals surface area contributed by atoms with Gasteiger partial charge in [-0.25, -0.2) is 0 Å². The van der Waals surface area contributed by atoms with Crippen LogP contribution < -0.4 is 5.32 Å². The number of aliphatic hydroxyl groups excluding tert-OH is 2. The first kappa shape index (κ1) is 15.0. The molecule has 100 valence electrons. The highest BCUT2D eigenvalue weighted by atomic mass is 31.0. The summed E-state index contributed by atoms with van der Waals surface area (Å²) in [7, 11) is 1.44. The molecule has 18 heavy (non-hydrogen) atoms. The minimum absolute atomic E-state index is 0.0958. The molecule has 1 aromatic rings. The van der Waals surface area contributed by atoms with E-state index in [0.717, 1.165) is 0 Å². The minimum Gasteiger partial charge on any atom is -0.393 e. The Morgan fingerprint density at radius 2 is 1.94 bits per heavy atom. The topological polar surface area (TPSA) is 69.6 Å². The maximum Gasteiger partial charge on any atom is 0.283 e. The molecule has 7 heteroatoms. The smallest absolute Gasteiger partial charge is 0.283 e. The molecule has 0 aromatic heterocycles. The Morgan fingerprint density at radius 3 is 2.39 bits per heavy atom. The third kappa shape index (κ3) is 4.29. The third-order valence-corrected chi connectivity index (χ3v) is 2.61. The van der Waals surface area contributed by atoms with Crippen molar-refractivity contribution >= 4 is 15.1 Å². The Kier molecular flexibility index (Phi) is 5.14. The van der Waals surface area contributed by atoms with Gasteiger partial charge in [0.25, 0.3) is 11.6 Å². The predicted molar refractivity (Wildman–Crippen MR) is 65.0 cm³/mol. The average molecular weight is 277 g/mol. The molecule has 1 rings (SSSR count). The van der Waals surface area contributed by atoms with Gasteiger partial charge in [-0.3, -0.25) is 4.79 Å². The Labute approximate surface area is 105 Å². The number of aliphatic hydroxyl groups is 2. The molecule has 0 aliphatic carbocycles. The highest BCUT2D eigenvalue weighted by Crippen LogP contribution is 2.34. The molecule has 3 N–H and O–H groups in total. The number of halogens is 2. The normalized spacial score (nSPS) is 13.2. The van der Waals surface area contributed by atoms with Crippen LogP contribution in [0.1, 0.15) is 11.1 Å². The third-order valence-electron chi connectivity index (χ3n) is 2.28. The molecule has 0 radical (unpaired) electrons. The van der Waals surface area contributed by atoms with Crippen LogP contribution in [0.5, 0.6) is 0 Å². The van der Waals surface area contributed by atoms with Gasteiger partial charge >= 0.3 is 0 Å². The van der Waals surface area contributed by atoms with E-state index in [9.17, 15) is 13.6 Å². The van der Waals surface area contributed by atoms with Crippen molar-refractivity contribution in [1.29, 1.82) is 0 Å². The zero-order valence-corrected chi connectivity index (χ0v) is 10.6. The SMILES string of the molecule is O=C(NCc1ccc(C(F)(F)P)cc1)C(O)CO. The summed E-state index contributed by atoms with van der Waals surface area (Å²) < 4.78 is 25.8. The van der Waals surface area contributed by atoms with Crippen LogP contribution >= 0.6 is 9.24 Å². The molecule has 0 bridgehead atoms. The van der Waals surface area contributed by atoms with E-state index in [1.807, 2.05) is 0 Å². The number of hydrogen-bond donors (Lipinski definition) is 3. The molecular weight excluding hydrogens is 263 g/mol. The van der Waals surface area contributed by atoms with Gasteiger partial charge in [-0.2, -0.15) is 8.78 Å². The van der Waals surface area contributed by atoms with E-state index in [1.165, 1.54) is 33.5 Å². The fraction of sp³-hybridized carbons (Fsp3) is 0.364. The van der Waals surface area contributed by atoms with Crippen molar-refractivity contribution in [3.05, 3.63) is 35.4 Å². The van der Waals surface area contributed by atoms with Gasteiger partial charge in [-0.15, -0.1) is 0 Å². The second kappa shape index (κ2) is 6.18. The minimum atomic E-state index is -2.98. The van der Waals surface area contributed by atoms with E-state index >= 15 is 0 Å². The lowest BCUT2D eigenvalue weighted by Gasteiger charge is -2.12. The van der Waals surface area contributed by atoms with E-state index in [4.69, 9.17) is 10.2 Å². The van der Waals surface area contributed by atoms with Crippen molar-refractivity contribution in [2.45, 2.75) is 18.3 Å². The second-order valence-electron chi connectivity index (χ2n) is 3.74. The molecule has 0 fully saturated rings. The number of rotatable bonds is 5. The molecule has 1 aromatic carbocycles. The van der Waals surface area contributed by atoms with Gasteiger partial charge in [-0.05, 0) is 5.56 Å². The van der Waals surface area contributed by atoms with Gasteiger partial charge in [-0.1, -0.05) is 33.5 Å². The lowest BCUT2D eigenvalue weighted by Crippen LogP contribution is -2.36.